The number of amides is 2. The summed E-state index contributed by atoms with van der Waals surface area (Å²) in [6, 6.07) is 6.57. The first-order chi connectivity index (χ1) is 14.0. The molecule has 11 heteroatoms. The van der Waals surface area contributed by atoms with Crippen LogP contribution in [0.1, 0.15) is 26.3 Å². The van der Waals surface area contributed by atoms with Gasteiger partial charge in [-0.05, 0) is 38.5 Å². The molecular formula is C19H27N3O5S3. The maximum Gasteiger partial charge on any atom is 0.410 e. The molecular weight excluding hydrogens is 446 g/mol. The largest absolute Gasteiger partial charge is 0.444 e. The lowest BCUT2D eigenvalue weighted by Crippen LogP contribution is -2.51. The normalized spacial score (nSPS) is 21.2. The predicted molar refractivity (Wildman–Crippen MR) is 119 cm³/mol. The van der Waals surface area contributed by atoms with Gasteiger partial charge in [0, 0.05) is 32.7 Å². The molecule has 0 spiro atoms. The molecule has 166 valence electrons. The fourth-order valence-corrected chi connectivity index (χ4v) is 5.84. The molecule has 1 unspecified atom stereocenters. The molecule has 0 N–H and O–H groups in total. The third-order valence-electron chi connectivity index (χ3n) is 4.75. The first-order valence-corrected chi connectivity index (χ1v) is 12.6. The average Bonchev–Trinajstić information content (AvgIpc) is 2.99. The average molecular weight is 474 g/mol. The van der Waals surface area contributed by atoms with Gasteiger partial charge in [-0.2, -0.15) is 4.31 Å². The lowest BCUT2D eigenvalue weighted by molar-refractivity contribution is -0.127. The first kappa shape index (κ1) is 23.2. The fraction of sp³-hybridized carbons (Fsp3) is 0.579. The molecule has 1 atom stereocenters. The van der Waals surface area contributed by atoms with Crippen LogP contribution in [0.3, 0.4) is 0 Å². The minimum Gasteiger partial charge on any atom is -0.444 e. The minimum absolute atomic E-state index is 0.0274. The van der Waals surface area contributed by atoms with Crippen molar-refractivity contribution in [2.45, 2.75) is 42.5 Å². The molecule has 0 bridgehead atoms. The molecule has 0 aromatic heterocycles. The number of carbonyl (C=O) groups excluding carboxylic acids is 2. The Bertz CT molecular complexity index is 891. The molecule has 3 rings (SSSR count). The molecule has 0 saturated carbocycles. The third-order valence-corrected chi connectivity index (χ3v) is 8.35. The van der Waals surface area contributed by atoms with Crippen LogP contribution in [-0.2, 0) is 26.1 Å². The van der Waals surface area contributed by atoms with Gasteiger partial charge in [-0.3, -0.25) is 4.79 Å². The van der Waals surface area contributed by atoms with Crippen LogP contribution in [0.4, 0.5) is 4.79 Å². The van der Waals surface area contributed by atoms with E-state index in [4.69, 9.17) is 4.74 Å². The maximum absolute atomic E-state index is 13.0. The van der Waals surface area contributed by atoms with Crippen LogP contribution in [0.25, 0.3) is 0 Å². The summed E-state index contributed by atoms with van der Waals surface area (Å²) in [7, 11) is -3.66. The summed E-state index contributed by atoms with van der Waals surface area (Å²) in [6.07, 6.45) is -0.430. The lowest BCUT2D eigenvalue weighted by atomic mass is 10.2. The molecule has 2 fully saturated rings. The topological polar surface area (TPSA) is 87.2 Å². The fourth-order valence-electron chi connectivity index (χ4n) is 3.16. The second-order valence-electron chi connectivity index (χ2n) is 8.17. The van der Waals surface area contributed by atoms with E-state index in [9.17, 15) is 18.0 Å². The maximum atomic E-state index is 13.0. The van der Waals surface area contributed by atoms with Crippen LogP contribution in [0, 0.1) is 0 Å². The number of hydrogen-bond acceptors (Lipinski definition) is 7. The van der Waals surface area contributed by atoms with Gasteiger partial charge in [0.05, 0.1) is 10.6 Å². The van der Waals surface area contributed by atoms with Gasteiger partial charge in [0.25, 0.3) is 0 Å². The third kappa shape index (κ3) is 5.43. The van der Waals surface area contributed by atoms with Gasteiger partial charge in [0.1, 0.15) is 10.3 Å². The number of piperazine rings is 1. The van der Waals surface area contributed by atoms with E-state index in [0.717, 1.165) is 5.56 Å². The van der Waals surface area contributed by atoms with E-state index in [0.29, 0.717) is 12.3 Å². The number of hydrogen-bond donors (Lipinski definition) is 1. The van der Waals surface area contributed by atoms with Crippen LogP contribution in [0.2, 0.25) is 0 Å². The number of thioether (sulfide) groups is 1. The predicted octanol–water partition coefficient (Wildman–Crippen LogP) is 2.22. The van der Waals surface area contributed by atoms with E-state index in [1.165, 1.54) is 21.0 Å². The van der Waals surface area contributed by atoms with Gasteiger partial charge in [0.2, 0.25) is 15.9 Å². The molecule has 0 radical (unpaired) electrons. The Morgan fingerprint density at radius 2 is 1.77 bits per heavy atom. The molecule has 1 aromatic rings. The van der Waals surface area contributed by atoms with Crippen LogP contribution in [0.5, 0.6) is 0 Å². The van der Waals surface area contributed by atoms with Crippen molar-refractivity contribution in [2.75, 3.05) is 31.9 Å². The zero-order valence-corrected chi connectivity index (χ0v) is 19.8. The van der Waals surface area contributed by atoms with Crippen LogP contribution < -0.4 is 0 Å². The van der Waals surface area contributed by atoms with Crippen molar-refractivity contribution in [3.8, 4) is 0 Å². The van der Waals surface area contributed by atoms with Crippen molar-refractivity contribution >= 4 is 46.4 Å². The molecule has 2 heterocycles. The number of carbonyl (C=O) groups is 2. The van der Waals surface area contributed by atoms with Gasteiger partial charge in [-0.1, -0.05) is 12.1 Å². The van der Waals surface area contributed by atoms with Crippen molar-refractivity contribution in [3.05, 3.63) is 29.8 Å². The highest BCUT2D eigenvalue weighted by molar-refractivity contribution is 8.11. The number of benzene rings is 1. The van der Waals surface area contributed by atoms with E-state index < -0.39 is 21.7 Å². The standard InChI is InChI=1S/C19H27N3O5S3/c1-19(2,3)27-17(24)20-8-10-21(11-9-20)30(25,26)15-6-4-14(5-7-15)12-22-16(23)13-29-18(22)28/h4-7,18,28H,8-13H2,1-3H3. The van der Waals surface area contributed by atoms with Gasteiger partial charge >= 0.3 is 6.09 Å². The molecule has 2 saturated heterocycles. The molecule has 30 heavy (non-hydrogen) atoms. The molecule has 0 aliphatic carbocycles. The second kappa shape index (κ2) is 8.97. The Morgan fingerprint density at radius 3 is 2.27 bits per heavy atom. The Kier molecular flexibility index (Phi) is 6.95. The number of sulfonamides is 1. The summed E-state index contributed by atoms with van der Waals surface area (Å²) in [6.45, 7) is 6.77. The Morgan fingerprint density at radius 1 is 1.17 bits per heavy atom. The zero-order valence-electron chi connectivity index (χ0n) is 17.3. The van der Waals surface area contributed by atoms with Crippen molar-refractivity contribution in [1.82, 2.24) is 14.1 Å². The quantitative estimate of drug-likeness (QED) is 0.675. The van der Waals surface area contributed by atoms with Gasteiger partial charge in [-0.25, -0.2) is 13.2 Å². The SMILES string of the molecule is CC(C)(C)OC(=O)N1CCN(S(=O)(=O)c2ccc(CN3C(=O)CSC3S)cc2)CC1. The van der Waals surface area contributed by atoms with E-state index in [2.05, 4.69) is 12.6 Å². The van der Waals surface area contributed by atoms with Crippen LogP contribution in [0.15, 0.2) is 29.2 Å². The van der Waals surface area contributed by atoms with E-state index in [1.807, 2.05) is 0 Å². The zero-order chi connectivity index (χ0) is 22.1. The lowest BCUT2D eigenvalue weighted by Gasteiger charge is -2.35. The monoisotopic (exact) mass is 473 g/mol. The van der Waals surface area contributed by atoms with E-state index >= 15 is 0 Å². The highest BCUT2D eigenvalue weighted by Crippen LogP contribution is 2.29. The van der Waals surface area contributed by atoms with Gasteiger partial charge in [-0.15, -0.1) is 24.4 Å². The molecule has 1 aromatic carbocycles. The molecule has 8 nitrogen and oxygen atoms in total. The summed E-state index contributed by atoms with van der Waals surface area (Å²) in [5.41, 5.74) is 0.256. The van der Waals surface area contributed by atoms with Crippen LogP contribution in [-0.4, -0.2) is 76.8 Å². The summed E-state index contributed by atoms with van der Waals surface area (Å²) >= 11 is 5.85. The van der Waals surface area contributed by atoms with Crippen molar-refractivity contribution < 1.29 is 22.7 Å². The Hall–Kier alpha value is -1.43. The summed E-state index contributed by atoms with van der Waals surface area (Å²) < 4.78 is 32.5. The highest BCUT2D eigenvalue weighted by atomic mass is 32.2. The van der Waals surface area contributed by atoms with Gasteiger partial charge < -0.3 is 14.5 Å². The number of ether oxygens (including phenoxy) is 1. The van der Waals surface area contributed by atoms with E-state index in [1.54, 1.807) is 49.9 Å². The van der Waals surface area contributed by atoms with Crippen molar-refractivity contribution in [2.24, 2.45) is 0 Å². The smallest absolute Gasteiger partial charge is 0.410 e. The molecule has 2 amide bonds. The molecule has 2 aliphatic rings. The number of rotatable bonds is 4. The molecule has 2 aliphatic heterocycles. The number of thiol groups is 1. The summed E-state index contributed by atoms with van der Waals surface area (Å²) in [5, 5.41) is 0. The highest BCUT2D eigenvalue weighted by Gasteiger charge is 2.32. The van der Waals surface area contributed by atoms with Crippen molar-refractivity contribution in [3.63, 3.8) is 0 Å². The first-order valence-electron chi connectivity index (χ1n) is 9.63. The van der Waals surface area contributed by atoms with E-state index in [-0.39, 0.29) is 41.7 Å². The second-order valence-corrected chi connectivity index (χ2v) is 12.0. The number of nitrogens with zero attached hydrogens (tertiary/aromatic N) is 3. The summed E-state index contributed by atoms with van der Waals surface area (Å²) in [4.78, 5) is 27.4. The summed E-state index contributed by atoms with van der Waals surface area (Å²) in [5.74, 6) is 0.440. The Labute approximate surface area is 187 Å². The Balaban J connectivity index is 1.61. The van der Waals surface area contributed by atoms with Gasteiger partial charge in [0.15, 0.2) is 0 Å². The van der Waals surface area contributed by atoms with Crippen molar-refractivity contribution in [1.29, 1.82) is 0 Å². The minimum atomic E-state index is -3.66. The van der Waals surface area contributed by atoms with Crippen LogP contribution >= 0.6 is 24.4 Å².